The number of nitrogens with zero attached hydrogens (tertiary/aromatic N) is 1. The van der Waals surface area contributed by atoms with Crippen LogP contribution in [0.4, 0.5) is 0 Å². The molecule has 1 atom stereocenters. The van der Waals surface area contributed by atoms with Crippen LogP contribution in [-0.4, -0.2) is 31.6 Å². The van der Waals surface area contributed by atoms with Gasteiger partial charge in [0.05, 0.1) is 7.11 Å². The summed E-state index contributed by atoms with van der Waals surface area (Å²) in [6.45, 7) is 2.91. The van der Waals surface area contributed by atoms with Gasteiger partial charge >= 0.3 is 0 Å². The van der Waals surface area contributed by atoms with Crippen LogP contribution in [0.1, 0.15) is 24.4 Å². The van der Waals surface area contributed by atoms with Crippen LogP contribution in [0.5, 0.6) is 5.75 Å². The Morgan fingerprint density at radius 2 is 2.12 bits per heavy atom. The topological polar surface area (TPSA) is 38.5 Å². The Morgan fingerprint density at radius 3 is 2.75 bits per heavy atom. The number of ether oxygens (including phenoxy) is 1. The molecule has 1 saturated heterocycles. The van der Waals surface area contributed by atoms with E-state index in [1.54, 1.807) is 7.11 Å². The van der Waals surface area contributed by atoms with Crippen molar-refractivity contribution in [3.63, 3.8) is 0 Å². The molecule has 2 rings (SSSR count). The highest BCUT2D eigenvalue weighted by Gasteiger charge is 2.24. The molecule has 1 aliphatic heterocycles. The van der Waals surface area contributed by atoms with Gasteiger partial charge in [0, 0.05) is 19.1 Å². The van der Waals surface area contributed by atoms with E-state index in [1.807, 2.05) is 12.1 Å². The predicted molar refractivity (Wildman–Crippen MR) is 65.6 cm³/mol. The Labute approximate surface area is 97.2 Å². The van der Waals surface area contributed by atoms with E-state index in [1.165, 1.54) is 24.9 Å². The van der Waals surface area contributed by atoms with E-state index in [0.29, 0.717) is 6.04 Å². The quantitative estimate of drug-likeness (QED) is 0.840. The van der Waals surface area contributed by atoms with Gasteiger partial charge in [-0.05, 0) is 37.1 Å². The highest BCUT2D eigenvalue weighted by Crippen LogP contribution is 2.32. The van der Waals surface area contributed by atoms with Gasteiger partial charge in [-0.1, -0.05) is 12.1 Å². The number of rotatable bonds is 4. The zero-order valence-corrected chi connectivity index (χ0v) is 9.86. The predicted octanol–water partition coefficient (Wildman–Crippen LogP) is 1.79. The van der Waals surface area contributed by atoms with Gasteiger partial charge in [-0.2, -0.15) is 0 Å². The average molecular weight is 220 g/mol. The largest absolute Gasteiger partial charge is 0.497 e. The fourth-order valence-electron chi connectivity index (χ4n) is 2.46. The van der Waals surface area contributed by atoms with E-state index in [-0.39, 0.29) is 0 Å². The summed E-state index contributed by atoms with van der Waals surface area (Å²) in [6.07, 6.45) is 2.52. The lowest BCUT2D eigenvalue weighted by Gasteiger charge is -2.24. The van der Waals surface area contributed by atoms with Crippen LogP contribution in [0.3, 0.4) is 0 Å². The monoisotopic (exact) mass is 220 g/mol. The molecule has 0 bridgehead atoms. The molecule has 1 fully saturated rings. The number of benzene rings is 1. The number of methoxy groups -OCH3 is 1. The minimum atomic E-state index is 0.550. The van der Waals surface area contributed by atoms with E-state index in [0.717, 1.165) is 18.8 Å². The van der Waals surface area contributed by atoms with Gasteiger partial charge in [0.1, 0.15) is 5.75 Å². The van der Waals surface area contributed by atoms with Crippen molar-refractivity contribution in [2.75, 3.05) is 26.7 Å². The third kappa shape index (κ3) is 2.36. The Morgan fingerprint density at radius 1 is 1.38 bits per heavy atom. The lowest BCUT2D eigenvalue weighted by molar-refractivity contribution is 0.264. The molecule has 1 heterocycles. The van der Waals surface area contributed by atoms with Gasteiger partial charge in [-0.25, -0.2) is 0 Å². The van der Waals surface area contributed by atoms with Crippen LogP contribution >= 0.6 is 0 Å². The second kappa shape index (κ2) is 5.32. The van der Waals surface area contributed by atoms with Crippen LogP contribution < -0.4 is 10.5 Å². The normalized spacial score (nSPS) is 21.2. The molecular weight excluding hydrogens is 200 g/mol. The van der Waals surface area contributed by atoms with Crippen molar-refractivity contribution < 1.29 is 4.74 Å². The molecule has 0 spiro atoms. The van der Waals surface area contributed by atoms with Crippen LogP contribution in [0, 0.1) is 0 Å². The van der Waals surface area contributed by atoms with Gasteiger partial charge in [0.15, 0.2) is 0 Å². The Kier molecular flexibility index (Phi) is 3.80. The number of likely N-dealkylation sites (tertiary alicyclic amines) is 1. The minimum absolute atomic E-state index is 0.550. The van der Waals surface area contributed by atoms with Crippen molar-refractivity contribution in [1.82, 2.24) is 4.90 Å². The zero-order valence-electron chi connectivity index (χ0n) is 9.86. The first-order valence-corrected chi connectivity index (χ1v) is 5.93. The molecular formula is C13H20N2O. The fourth-order valence-corrected chi connectivity index (χ4v) is 2.46. The van der Waals surface area contributed by atoms with Gasteiger partial charge in [0.2, 0.25) is 0 Å². The third-order valence-corrected chi connectivity index (χ3v) is 3.28. The standard InChI is InChI=1S/C13H20N2O/c1-16-12-6-4-11(5-7-12)13-3-2-9-15(13)10-8-14/h4-7,13H,2-3,8-10,14H2,1H3/t13-/m1/s1. The molecule has 0 saturated carbocycles. The van der Waals surface area contributed by atoms with Crippen LogP contribution in [0.15, 0.2) is 24.3 Å². The molecule has 0 aliphatic carbocycles. The summed E-state index contributed by atoms with van der Waals surface area (Å²) in [5.74, 6) is 0.923. The number of hydrogen-bond acceptors (Lipinski definition) is 3. The summed E-state index contributed by atoms with van der Waals surface area (Å²) >= 11 is 0. The smallest absolute Gasteiger partial charge is 0.118 e. The van der Waals surface area contributed by atoms with Crippen molar-refractivity contribution in [1.29, 1.82) is 0 Å². The molecule has 1 aromatic carbocycles. The second-order valence-corrected chi connectivity index (χ2v) is 4.26. The molecule has 88 valence electrons. The molecule has 0 radical (unpaired) electrons. The molecule has 3 nitrogen and oxygen atoms in total. The first-order valence-electron chi connectivity index (χ1n) is 5.93. The van der Waals surface area contributed by atoms with Gasteiger partial charge in [-0.15, -0.1) is 0 Å². The third-order valence-electron chi connectivity index (χ3n) is 3.28. The van der Waals surface area contributed by atoms with Crippen LogP contribution in [0.2, 0.25) is 0 Å². The number of nitrogens with two attached hydrogens (primary N) is 1. The van der Waals surface area contributed by atoms with E-state index < -0.39 is 0 Å². The zero-order chi connectivity index (χ0) is 11.4. The lowest BCUT2D eigenvalue weighted by Crippen LogP contribution is -2.29. The molecule has 0 amide bonds. The Bertz CT molecular complexity index is 323. The van der Waals surface area contributed by atoms with Crippen LogP contribution in [-0.2, 0) is 0 Å². The molecule has 0 unspecified atom stereocenters. The summed E-state index contributed by atoms with van der Waals surface area (Å²) in [5, 5.41) is 0. The first-order chi connectivity index (χ1) is 7.85. The summed E-state index contributed by atoms with van der Waals surface area (Å²) in [6, 6.07) is 8.95. The minimum Gasteiger partial charge on any atom is -0.497 e. The van der Waals surface area contributed by atoms with E-state index in [9.17, 15) is 0 Å². The maximum absolute atomic E-state index is 5.63. The van der Waals surface area contributed by atoms with Crippen LogP contribution in [0.25, 0.3) is 0 Å². The van der Waals surface area contributed by atoms with Crippen molar-refractivity contribution in [2.24, 2.45) is 5.73 Å². The highest BCUT2D eigenvalue weighted by molar-refractivity contribution is 5.29. The van der Waals surface area contributed by atoms with Gasteiger partial charge in [0.25, 0.3) is 0 Å². The fraction of sp³-hybridized carbons (Fsp3) is 0.538. The van der Waals surface area contributed by atoms with Gasteiger partial charge < -0.3 is 10.5 Å². The maximum atomic E-state index is 5.63. The Hall–Kier alpha value is -1.06. The summed E-state index contributed by atoms with van der Waals surface area (Å²) in [7, 11) is 1.70. The summed E-state index contributed by atoms with van der Waals surface area (Å²) < 4.78 is 5.17. The van der Waals surface area contributed by atoms with Crippen molar-refractivity contribution in [3.05, 3.63) is 29.8 Å². The Balaban J connectivity index is 2.09. The lowest BCUT2D eigenvalue weighted by atomic mass is 10.0. The molecule has 3 heteroatoms. The highest BCUT2D eigenvalue weighted by atomic mass is 16.5. The van der Waals surface area contributed by atoms with E-state index >= 15 is 0 Å². The van der Waals surface area contributed by atoms with Crippen molar-refractivity contribution in [2.45, 2.75) is 18.9 Å². The maximum Gasteiger partial charge on any atom is 0.118 e. The molecule has 0 aromatic heterocycles. The molecule has 16 heavy (non-hydrogen) atoms. The van der Waals surface area contributed by atoms with Gasteiger partial charge in [-0.3, -0.25) is 4.90 Å². The molecule has 1 aromatic rings. The summed E-state index contributed by atoms with van der Waals surface area (Å²) in [5.41, 5.74) is 7.01. The average Bonchev–Trinajstić information content (AvgIpc) is 2.78. The second-order valence-electron chi connectivity index (χ2n) is 4.26. The summed E-state index contributed by atoms with van der Waals surface area (Å²) in [4.78, 5) is 2.47. The number of hydrogen-bond donors (Lipinski definition) is 1. The molecule has 1 aliphatic rings. The van der Waals surface area contributed by atoms with E-state index in [2.05, 4.69) is 17.0 Å². The molecule has 2 N–H and O–H groups in total. The van der Waals surface area contributed by atoms with Crippen molar-refractivity contribution in [3.8, 4) is 5.75 Å². The van der Waals surface area contributed by atoms with E-state index in [4.69, 9.17) is 10.5 Å². The SMILES string of the molecule is COc1ccc([C@H]2CCCN2CCN)cc1. The van der Waals surface area contributed by atoms with Crippen molar-refractivity contribution >= 4 is 0 Å². The first kappa shape index (κ1) is 11.4.